The summed E-state index contributed by atoms with van der Waals surface area (Å²) < 4.78 is 5.54. The van der Waals surface area contributed by atoms with Gasteiger partial charge in [0.1, 0.15) is 5.75 Å². The number of nitrogens with zero attached hydrogens (tertiary/aromatic N) is 1. The topological polar surface area (TPSA) is 66.8 Å². The van der Waals surface area contributed by atoms with E-state index in [2.05, 4.69) is 0 Å². The fourth-order valence-electron chi connectivity index (χ4n) is 2.19. The van der Waals surface area contributed by atoms with Gasteiger partial charge in [-0.1, -0.05) is 23.2 Å². The van der Waals surface area contributed by atoms with E-state index in [4.69, 9.17) is 33.0 Å². The molecular weight excluding hydrogens is 317 g/mol. The van der Waals surface area contributed by atoms with Crippen molar-refractivity contribution in [1.82, 2.24) is 4.90 Å². The summed E-state index contributed by atoms with van der Waals surface area (Å²) in [6.07, 6.45) is -0.600. The van der Waals surface area contributed by atoms with Crippen molar-refractivity contribution < 1.29 is 19.4 Å². The summed E-state index contributed by atoms with van der Waals surface area (Å²) >= 11 is 11.8. The van der Waals surface area contributed by atoms with Crippen molar-refractivity contribution in [2.24, 2.45) is 5.92 Å². The molecule has 1 atom stereocenters. The average molecular weight is 332 g/mol. The second-order valence-electron chi connectivity index (χ2n) is 5.04. The van der Waals surface area contributed by atoms with E-state index in [-0.39, 0.29) is 18.2 Å². The van der Waals surface area contributed by atoms with Gasteiger partial charge in [0.15, 0.2) is 6.10 Å². The van der Waals surface area contributed by atoms with Crippen LogP contribution in [-0.4, -0.2) is 41.1 Å². The van der Waals surface area contributed by atoms with Crippen LogP contribution < -0.4 is 4.74 Å². The molecule has 114 valence electrons. The maximum absolute atomic E-state index is 12.1. The van der Waals surface area contributed by atoms with Gasteiger partial charge in [0.05, 0.1) is 11.4 Å². The minimum Gasteiger partial charge on any atom is -0.481 e. The molecule has 5 nitrogen and oxygen atoms in total. The van der Waals surface area contributed by atoms with Crippen LogP contribution in [0.4, 0.5) is 0 Å². The quantitative estimate of drug-likeness (QED) is 0.900. The maximum Gasteiger partial charge on any atom is 0.303 e. The molecular formula is C14H15Cl2NO4. The smallest absolute Gasteiger partial charge is 0.303 e. The summed E-state index contributed by atoms with van der Waals surface area (Å²) in [5.41, 5.74) is 0. The molecule has 0 aliphatic carbocycles. The van der Waals surface area contributed by atoms with Crippen molar-refractivity contribution in [2.75, 3.05) is 13.1 Å². The minimum atomic E-state index is -0.843. The molecule has 1 fully saturated rings. The third-order valence-electron chi connectivity index (χ3n) is 3.28. The second kappa shape index (κ2) is 6.54. The molecule has 1 aromatic rings. The lowest BCUT2D eigenvalue weighted by molar-refractivity contribution is -0.149. The van der Waals surface area contributed by atoms with Crippen LogP contribution in [0.5, 0.6) is 5.75 Å². The molecule has 1 saturated heterocycles. The lowest BCUT2D eigenvalue weighted by Crippen LogP contribution is -2.54. The Balaban J connectivity index is 1.88. The molecule has 0 bridgehead atoms. The molecule has 1 aliphatic heterocycles. The number of benzene rings is 1. The van der Waals surface area contributed by atoms with E-state index in [9.17, 15) is 9.59 Å². The monoisotopic (exact) mass is 331 g/mol. The van der Waals surface area contributed by atoms with Crippen LogP contribution >= 0.6 is 23.2 Å². The zero-order valence-corrected chi connectivity index (χ0v) is 12.9. The van der Waals surface area contributed by atoms with E-state index in [0.717, 1.165) is 0 Å². The number of carboxylic acids is 1. The van der Waals surface area contributed by atoms with E-state index in [1.807, 2.05) is 0 Å². The first-order valence-electron chi connectivity index (χ1n) is 6.49. The Hall–Kier alpha value is -1.46. The second-order valence-corrected chi connectivity index (χ2v) is 5.89. The number of ether oxygens (including phenoxy) is 1. The lowest BCUT2D eigenvalue weighted by atomic mass is 9.96. The number of amides is 1. The largest absolute Gasteiger partial charge is 0.481 e. The summed E-state index contributed by atoms with van der Waals surface area (Å²) in [4.78, 5) is 24.3. The van der Waals surface area contributed by atoms with E-state index in [1.54, 1.807) is 30.0 Å². The fourth-order valence-corrected chi connectivity index (χ4v) is 2.65. The number of hydrogen-bond donors (Lipinski definition) is 1. The van der Waals surface area contributed by atoms with E-state index in [0.29, 0.717) is 28.9 Å². The third kappa shape index (κ3) is 4.02. The van der Waals surface area contributed by atoms with Crippen LogP contribution in [-0.2, 0) is 9.59 Å². The van der Waals surface area contributed by atoms with Gasteiger partial charge in [-0.2, -0.15) is 0 Å². The highest BCUT2D eigenvalue weighted by Crippen LogP contribution is 2.29. The minimum absolute atomic E-state index is 0.0257. The number of carbonyl (C=O) groups excluding carboxylic acids is 1. The van der Waals surface area contributed by atoms with Crippen molar-refractivity contribution in [3.8, 4) is 5.75 Å². The van der Waals surface area contributed by atoms with Gasteiger partial charge in [-0.05, 0) is 25.1 Å². The Labute approximate surface area is 132 Å². The number of carboxylic acid groups (broad SMARTS) is 1. The lowest BCUT2D eigenvalue weighted by Gasteiger charge is -2.39. The fraction of sp³-hybridized carbons (Fsp3) is 0.429. The highest BCUT2D eigenvalue weighted by molar-refractivity contribution is 6.35. The number of aliphatic carboxylic acids is 1. The number of rotatable bonds is 5. The molecule has 1 unspecified atom stereocenters. The molecule has 1 N–H and O–H groups in total. The van der Waals surface area contributed by atoms with Crippen LogP contribution in [0, 0.1) is 5.92 Å². The van der Waals surface area contributed by atoms with Gasteiger partial charge in [0.2, 0.25) is 0 Å². The van der Waals surface area contributed by atoms with Gasteiger partial charge in [0, 0.05) is 24.0 Å². The van der Waals surface area contributed by atoms with Crippen LogP contribution in [0.25, 0.3) is 0 Å². The number of hydrogen-bond acceptors (Lipinski definition) is 3. The van der Waals surface area contributed by atoms with Crippen molar-refractivity contribution in [3.05, 3.63) is 28.2 Å². The summed E-state index contributed by atoms with van der Waals surface area (Å²) in [7, 11) is 0. The summed E-state index contributed by atoms with van der Waals surface area (Å²) in [6, 6.07) is 4.78. The molecule has 0 spiro atoms. The Morgan fingerprint density at radius 2 is 2.10 bits per heavy atom. The SMILES string of the molecule is CC(Oc1ccc(Cl)cc1Cl)C(=O)N1CC(CC(=O)O)C1. The number of halogens is 2. The van der Waals surface area contributed by atoms with E-state index < -0.39 is 12.1 Å². The molecule has 1 amide bonds. The summed E-state index contributed by atoms with van der Waals surface area (Å²) in [5, 5.41) is 9.51. The van der Waals surface area contributed by atoms with Gasteiger partial charge in [-0.15, -0.1) is 0 Å². The van der Waals surface area contributed by atoms with Crippen LogP contribution in [0.3, 0.4) is 0 Å². The molecule has 1 heterocycles. The first kappa shape index (κ1) is 15.9. The van der Waals surface area contributed by atoms with Gasteiger partial charge in [0.25, 0.3) is 5.91 Å². The number of carbonyl (C=O) groups is 2. The van der Waals surface area contributed by atoms with E-state index >= 15 is 0 Å². The van der Waals surface area contributed by atoms with Crippen molar-refractivity contribution in [1.29, 1.82) is 0 Å². The van der Waals surface area contributed by atoms with Crippen molar-refractivity contribution >= 4 is 35.1 Å². The summed E-state index contributed by atoms with van der Waals surface area (Å²) in [5.74, 6) is -0.603. The van der Waals surface area contributed by atoms with Crippen LogP contribution in [0.2, 0.25) is 10.0 Å². The molecule has 0 aromatic heterocycles. The Morgan fingerprint density at radius 3 is 2.67 bits per heavy atom. The van der Waals surface area contributed by atoms with Crippen LogP contribution in [0.15, 0.2) is 18.2 Å². The zero-order valence-electron chi connectivity index (χ0n) is 11.4. The van der Waals surface area contributed by atoms with Gasteiger partial charge in [-0.25, -0.2) is 0 Å². The first-order chi connectivity index (χ1) is 9.86. The average Bonchev–Trinajstić information content (AvgIpc) is 2.35. The van der Waals surface area contributed by atoms with Gasteiger partial charge in [-0.3, -0.25) is 9.59 Å². The van der Waals surface area contributed by atoms with Crippen molar-refractivity contribution in [3.63, 3.8) is 0 Å². The van der Waals surface area contributed by atoms with Gasteiger partial charge >= 0.3 is 5.97 Å². The number of likely N-dealkylation sites (tertiary alicyclic amines) is 1. The highest BCUT2D eigenvalue weighted by Gasteiger charge is 2.34. The maximum atomic E-state index is 12.1. The highest BCUT2D eigenvalue weighted by atomic mass is 35.5. The predicted octanol–water partition coefficient (Wildman–Crippen LogP) is 2.69. The standard InChI is InChI=1S/C14H15Cl2NO4/c1-8(21-12-3-2-10(15)5-11(12)16)14(20)17-6-9(7-17)4-13(18)19/h2-3,5,8-9H,4,6-7H2,1H3,(H,18,19). The molecule has 1 aromatic carbocycles. The first-order valence-corrected chi connectivity index (χ1v) is 7.24. The Bertz CT molecular complexity index is 558. The van der Waals surface area contributed by atoms with Crippen LogP contribution in [0.1, 0.15) is 13.3 Å². The predicted molar refractivity (Wildman–Crippen MR) is 78.9 cm³/mol. The Morgan fingerprint density at radius 1 is 1.43 bits per heavy atom. The zero-order chi connectivity index (χ0) is 15.6. The van der Waals surface area contributed by atoms with Gasteiger partial charge < -0.3 is 14.7 Å². The molecule has 0 radical (unpaired) electrons. The van der Waals surface area contributed by atoms with E-state index in [1.165, 1.54) is 0 Å². The normalized spacial score (nSPS) is 16.2. The molecule has 2 rings (SSSR count). The Kier molecular flexibility index (Phi) is 4.96. The molecule has 7 heteroatoms. The van der Waals surface area contributed by atoms with Crippen molar-refractivity contribution in [2.45, 2.75) is 19.4 Å². The molecule has 1 aliphatic rings. The summed E-state index contributed by atoms with van der Waals surface area (Å²) in [6.45, 7) is 2.54. The molecule has 21 heavy (non-hydrogen) atoms. The third-order valence-corrected chi connectivity index (χ3v) is 3.81. The molecule has 0 saturated carbocycles.